The first-order valence-corrected chi connectivity index (χ1v) is 11.4. The number of anilines is 1. The quantitative estimate of drug-likeness (QED) is 0.404. The van der Waals surface area contributed by atoms with E-state index < -0.39 is 0 Å². The number of nitrogens with one attached hydrogen (secondary N) is 2. The Labute approximate surface area is 192 Å². The number of aromatic amines is 1. The fourth-order valence-electron chi connectivity index (χ4n) is 5.32. The van der Waals surface area contributed by atoms with E-state index >= 15 is 0 Å². The van der Waals surface area contributed by atoms with Gasteiger partial charge in [0.2, 0.25) is 0 Å². The van der Waals surface area contributed by atoms with Gasteiger partial charge in [-0.3, -0.25) is 9.79 Å². The number of carbonyl (C=O) groups is 1. The molecule has 0 bridgehead atoms. The first kappa shape index (κ1) is 19.8. The number of methoxy groups -OCH3 is 1. The number of nitrogens with zero attached hydrogens (tertiary/aromatic N) is 1. The van der Waals surface area contributed by atoms with Crippen LogP contribution in [0.3, 0.4) is 0 Å². The molecule has 4 aromatic rings. The fraction of sp³-hybridized carbons (Fsp3) is 0.214. The number of aromatic nitrogens is 1. The number of para-hydroxylation sites is 3. The molecule has 3 atom stereocenters. The first-order chi connectivity index (χ1) is 16.2. The van der Waals surface area contributed by atoms with E-state index in [0.717, 1.165) is 51.3 Å². The highest BCUT2D eigenvalue weighted by Crippen LogP contribution is 2.45. The minimum atomic E-state index is -0.300. The molecule has 5 heteroatoms. The van der Waals surface area contributed by atoms with Crippen LogP contribution in [0, 0.1) is 5.92 Å². The average molecular weight is 436 g/mol. The molecule has 0 spiro atoms. The van der Waals surface area contributed by atoms with Gasteiger partial charge in [0.05, 0.1) is 30.4 Å². The molecule has 6 rings (SSSR count). The smallest absolute Gasteiger partial charge is 0.144 e. The van der Waals surface area contributed by atoms with Gasteiger partial charge in [0.15, 0.2) is 0 Å². The molecule has 3 aromatic carbocycles. The van der Waals surface area contributed by atoms with Crippen LogP contribution in [-0.2, 0) is 4.79 Å². The monoisotopic (exact) mass is 435 g/mol. The van der Waals surface area contributed by atoms with E-state index in [9.17, 15) is 4.79 Å². The van der Waals surface area contributed by atoms with Crippen molar-refractivity contribution in [3.8, 4) is 5.75 Å². The van der Waals surface area contributed by atoms with Gasteiger partial charge in [-0.05, 0) is 48.2 Å². The standard InChI is InChI=1S/C28H25N3O2/c1-33-19-12-10-17(11-13-19)18-14-25-27(26(32)15-18)28(31-24-9-5-4-8-23(24)30-25)21-16-29-22-7-3-2-6-20(21)22/h2-13,16,18,27-29,31H,14-15H2,1H3. The largest absolute Gasteiger partial charge is 0.497 e. The maximum absolute atomic E-state index is 13.7. The summed E-state index contributed by atoms with van der Waals surface area (Å²) in [6, 6.07) is 24.2. The lowest BCUT2D eigenvalue weighted by atomic mass is 9.72. The summed E-state index contributed by atoms with van der Waals surface area (Å²) in [6.45, 7) is 0. The Bertz CT molecular complexity index is 1370. The number of aliphatic imine (C=N–C) groups is 1. The lowest BCUT2D eigenvalue weighted by molar-refractivity contribution is -0.122. The van der Waals surface area contributed by atoms with Crippen molar-refractivity contribution < 1.29 is 9.53 Å². The van der Waals surface area contributed by atoms with Crippen LogP contribution in [0.1, 0.15) is 35.9 Å². The number of hydrogen-bond donors (Lipinski definition) is 2. The minimum absolute atomic E-state index is 0.118. The fourth-order valence-corrected chi connectivity index (χ4v) is 5.32. The van der Waals surface area contributed by atoms with Crippen LogP contribution in [-0.4, -0.2) is 23.6 Å². The average Bonchev–Trinajstić information content (AvgIpc) is 3.20. The lowest BCUT2D eigenvalue weighted by Crippen LogP contribution is -2.38. The van der Waals surface area contributed by atoms with Crippen LogP contribution in [0.4, 0.5) is 11.4 Å². The SMILES string of the molecule is COc1ccc(C2CC(=O)C3C(=Nc4ccccc4NC3c3c[nH]c4ccccc34)C2)cc1. The van der Waals surface area contributed by atoms with Crippen LogP contribution < -0.4 is 10.1 Å². The Hall–Kier alpha value is -3.86. The van der Waals surface area contributed by atoms with Gasteiger partial charge >= 0.3 is 0 Å². The molecule has 1 saturated carbocycles. The summed E-state index contributed by atoms with van der Waals surface area (Å²) in [7, 11) is 1.67. The van der Waals surface area contributed by atoms with E-state index in [1.807, 2.05) is 54.7 Å². The molecule has 33 heavy (non-hydrogen) atoms. The maximum Gasteiger partial charge on any atom is 0.144 e. The van der Waals surface area contributed by atoms with Gasteiger partial charge in [0.25, 0.3) is 0 Å². The molecule has 2 heterocycles. The molecule has 1 aliphatic heterocycles. The van der Waals surface area contributed by atoms with Crippen LogP contribution in [0.25, 0.3) is 10.9 Å². The Morgan fingerprint density at radius 3 is 2.58 bits per heavy atom. The third-order valence-corrected chi connectivity index (χ3v) is 6.96. The zero-order valence-electron chi connectivity index (χ0n) is 18.4. The zero-order valence-corrected chi connectivity index (χ0v) is 18.4. The van der Waals surface area contributed by atoms with Crippen molar-refractivity contribution in [2.24, 2.45) is 10.9 Å². The van der Waals surface area contributed by atoms with Crippen molar-refractivity contribution in [3.05, 3.63) is 90.1 Å². The Kier molecular flexibility index (Phi) is 4.75. The van der Waals surface area contributed by atoms with Gasteiger partial charge in [-0.1, -0.05) is 42.5 Å². The number of hydrogen-bond acceptors (Lipinski definition) is 4. The summed E-state index contributed by atoms with van der Waals surface area (Å²) in [5, 5.41) is 4.82. The van der Waals surface area contributed by atoms with E-state index in [-0.39, 0.29) is 23.7 Å². The molecular formula is C28H25N3O2. The van der Waals surface area contributed by atoms with Crippen LogP contribution >= 0.6 is 0 Å². The third-order valence-electron chi connectivity index (χ3n) is 6.96. The van der Waals surface area contributed by atoms with E-state index in [2.05, 4.69) is 34.6 Å². The van der Waals surface area contributed by atoms with E-state index in [1.54, 1.807) is 7.11 Å². The van der Waals surface area contributed by atoms with Gasteiger partial charge in [-0.25, -0.2) is 0 Å². The predicted octanol–water partition coefficient (Wildman–Crippen LogP) is 6.18. The molecule has 1 aliphatic carbocycles. The predicted molar refractivity (Wildman–Crippen MR) is 132 cm³/mol. The van der Waals surface area contributed by atoms with E-state index in [0.29, 0.717) is 6.42 Å². The molecule has 0 saturated heterocycles. The number of ketones is 1. The Balaban J connectivity index is 1.44. The highest BCUT2D eigenvalue weighted by atomic mass is 16.5. The molecule has 0 radical (unpaired) electrons. The molecule has 2 aliphatic rings. The molecule has 2 N–H and O–H groups in total. The second kappa shape index (κ2) is 7.93. The minimum Gasteiger partial charge on any atom is -0.497 e. The lowest BCUT2D eigenvalue weighted by Gasteiger charge is -2.33. The normalized spacial score (nSPS) is 22.0. The number of benzene rings is 3. The van der Waals surface area contributed by atoms with Gasteiger partial charge in [0, 0.05) is 34.8 Å². The van der Waals surface area contributed by atoms with Gasteiger partial charge in [-0.2, -0.15) is 0 Å². The second-order valence-electron chi connectivity index (χ2n) is 8.85. The maximum atomic E-state index is 13.7. The number of Topliss-reactive ketones (excluding diaryl/α,β-unsaturated/α-hetero) is 1. The van der Waals surface area contributed by atoms with Crippen LogP contribution in [0.5, 0.6) is 5.75 Å². The number of fused-ring (bicyclic) bond motifs is 3. The molecular weight excluding hydrogens is 410 g/mol. The summed E-state index contributed by atoms with van der Waals surface area (Å²) >= 11 is 0. The third kappa shape index (κ3) is 3.41. The molecule has 5 nitrogen and oxygen atoms in total. The summed E-state index contributed by atoms with van der Waals surface area (Å²) in [5.74, 6) is 0.873. The van der Waals surface area contributed by atoms with Crippen molar-refractivity contribution in [3.63, 3.8) is 0 Å². The van der Waals surface area contributed by atoms with Crippen molar-refractivity contribution in [1.29, 1.82) is 0 Å². The number of carbonyl (C=O) groups excluding carboxylic acids is 1. The van der Waals surface area contributed by atoms with Crippen molar-refractivity contribution in [2.75, 3.05) is 12.4 Å². The van der Waals surface area contributed by atoms with Crippen molar-refractivity contribution in [1.82, 2.24) is 4.98 Å². The molecule has 1 aromatic heterocycles. The molecule has 1 fully saturated rings. The Morgan fingerprint density at radius 2 is 1.73 bits per heavy atom. The number of rotatable bonds is 3. The molecule has 3 unspecified atom stereocenters. The van der Waals surface area contributed by atoms with Crippen molar-refractivity contribution in [2.45, 2.75) is 24.8 Å². The summed E-state index contributed by atoms with van der Waals surface area (Å²) in [4.78, 5) is 22.2. The van der Waals surface area contributed by atoms with Crippen LogP contribution in [0.15, 0.2) is 84.0 Å². The van der Waals surface area contributed by atoms with Gasteiger partial charge < -0.3 is 15.0 Å². The summed E-state index contributed by atoms with van der Waals surface area (Å²) < 4.78 is 5.31. The number of H-pyrrole nitrogens is 1. The second-order valence-corrected chi connectivity index (χ2v) is 8.85. The summed E-state index contributed by atoms with van der Waals surface area (Å²) in [5.41, 5.74) is 6.15. The summed E-state index contributed by atoms with van der Waals surface area (Å²) in [6.07, 6.45) is 3.31. The topological polar surface area (TPSA) is 66.5 Å². The highest BCUT2D eigenvalue weighted by molar-refractivity contribution is 6.11. The molecule has 0 amide bonds. The number of ether oxygens (including phenoxy) is 1. The van der Waals surface area contributed by atoms with E-state index in [1.165, 1.54) is 0 Å². The van der Waals surface area contributed by atoms with Crippen LogP contribution in [0.2, 0.25) is 0 Å². The van der Waals surface area contributed by atoms with Gasteiger partial charge in [0.1, 0.15) is 11.5 Å². The van der Waals surface area contributed by atoms with Gasteiger partial charge in [-0.15, -0.1) is 0 Å². The Morgan fingerprint density at radius 1 is 0.939 bits per heavy atom. The molecule has 164 valence electrons. The van der Waals surface area contributed by atoms with E-state index in [4.69, 9.17) is 9.73 Å². The highest BCUT2D eigenvalue weighted by Gasteiger charge is 2.42. The van der Waals surface area contributed by atoms with Crippen molar-refractivity contribution >= 4 is 33.8 Å². The first-order valence-electron chi connectivity index (χ1n) is 11.4. The zero-order chi connectivity index (χ0) is 22.4.